The molecule has 0 bridgehead atoms. The van der Waals surface area contributed by atoms with Crippen molar-refractivity contribution in [3.05, 3.63) is 82.7 Å². The molecule has 8 nitrogen and oxygen atoms in total. The fraction of sp³-hybridized carbons (Fsp3) is 0.259. The van der Waals surface area contributed by atoms with Crippen molar-refractivity contribution in [3.63, 3.8) is 0 Å². The molecular weight excluding hydrogens is 495 g/mol. The molecule has 1 amide bonds. The first-order chi connectivity index (χ1) is 18.2. The second kappa shape index (κ2) is 11.9. The Bertz CT molecular complexity index is 1400. The third kappa shape index (κ3) is 7.15. The topological polar surface area (TPSA) is 110 Å². The number of hydrogen-bond acceptors (Lipinski definition) is 6. The van der Waals surface area contributed by atoms with Gasteiger partial charge in [0.1, 0.15) is 11.5 Å². The predicted octanol–water partition coefficient (Wildman–Crippen LogP) is 3.93. The molecule has 1 aliphatic rings. The van der Waals surface area contributed by atoms with Crippen LogP contribution < -0.4 is 10.6 Å². The van der Waals surface area contributed by atoms with Gasteiger partial charge in [-0.15, -0.1) is 0 Å². The zero-order valence-electron chi connectivity index (χ0n) is 20.6. The lowest BCUT2D eigenvalue weighted by molar-refractivity contribution is -0.138. The summed E-state index contributed by atoms with van der Waals surface area (Å²) in [5, 5.41) is 12.8. The molecule has 1 atom stereocenters. The Morgan fingerprint density at radius 2 is 2.11 bits per heavy atom. The fourth-order valence-corrected chi connectivity index (χ4v) is 4.05. The van der Waals surface area contributed by atoms with Crippen LogP contribution in [0, 0.1) is 17.3 Å². The van der Waals surface area contributed by atoms with Crippen LogP contribution in [0.15, 0.2) is 48.9 Å². The van der Waals surface area contributed by atoms with Gasteiger partial charge in [-0.1, -0.05) is 12.0 Å². The largest absolute Gasteiger partial charge is 0.416 e. The molecule has 196 valence electrons. The van der Waals surface area contributed by atoms with Crippen LogP contribution in [0.3, 0.4) is 0 Å². The van der Waals surface area contributed by atoms with E-state index in [1.54, 1.807) is 6.08 Å². The van der Waals surface area contributed by atoms with Crippen molar-refractivity contribution in [2.75, 3.05) is 25.0 Å². The van der Waals surface area contributed by atoms with Gasteiger partial charge in [0.05, 0.1) is 17.3 Å². The van der Waals surface area contributed by atoms with E-state index in [1.165, 1.54) is 42.9 Å². The first-order valence-electron chi connectivity index (χ1n) is 11.9. The Hall–Kier alpha value is -4.27. The zero-order valence-corrected chi connectivity index (χ0v) is 20.6. The third-order valence-electron chi connectivity index (χ3n) is 5.81. The average Bonchev–Trinajstić information content (AvgIpc) is 3.34. The highest BCUT2D eigenvalue weighted by Gasteiger charge is 2.34. The lowest BCUT2D eigenvalue weighted by Crippen LogP contribution is -2.48. The summed E-state index contributed by atoms with van der Waals surface area (Å²) < 4.78 is 41.6. The number of allylic oxidation sites excluding steroid dienone is 1. The van der Waals surface area contributed by atoms with Crippen molar-refractivity contribution in [2.45, 2.75) is 25.7 Å². The second-order valence-corrected chi connectivity index (χ2v) is 8.83. The van der Waals surface area contributed by atoms with Crippen LogP contribution in [0.4, 0.5) is 18.9 Å². The van der Waals surface area contributed by atoms with Crippen LogP contribution in [-0.4, -0.2) is 57.6 Å². The van der Waals surface area contributed by atoms with Crippen molar-refractivity contribution in [1.82, 2.24) is 25.2 Å². The molecule has 38 heavy (non-hydrogen) atoms. The van der Waals surface area contributed by atoms with E-state index in [9.17, 15) is 18.0 Å². The molecule has 11 heteroatoms. The van der Waals surface area contributed by atoms with E-state index in [4.69, 9.17) is 5.41 Å². The number of benzene rings is 1. The van der Waals surface area contributed by atoms with Crippen LogP contribution >= 0.6 is 0 Å². The summed E-state index contributed by atoms with van der Waals surface area (Å²) in [5.74, 6) is 5.69. The number of carbonyl (C=O) groups is 1. The Labute approximate surface area is 217 Å². The number of imidazole rings is 1. The maximum absolute atomic E-state index is 13.9. The van der Waals surface area contributed by atoms with Crippen LogP contribution in [0.25, 0.3) is 6.08 Å². The minimum atomic E-state index is -4.56. The van der Waals surface area contributed by atoms with Crippen LogP contribution in [0.1, 0.15) is 45.5 Å². The highest BCUT2D eigenvalue weighted by Crippen LogP contribution is 2.34. The second-order valence-electron chi connectivity index (χ2n) is 8.83. The molecule has 1 saturated heterocycles. The summed E-state index contributed by atoms with van der Waals surface area (Å²) in [5.41, 5.74) is 0.565. The van der Waals surface area contributed by atoms with Gasteiger partial charge in [0.25, 0.3) is 5.91 Å². The Kier molecular flexibility index (Phi) is 8.35. The van der Waals surface area contributed by atoms with Crippen molar-refractivity contribution in [3.8, 4) is 11.8 Å². The van der Waals surface area contributed by atoms with Crippen molar-refractivity contribution < 1.29 is 18.0 Å². The number of carbonyl (C=O) groups excluding carboxylic acids is 1. The van der Waals surface area contributed by atoms with Crippen molar-refractivity contribution in [1.29, 1.82) is 5.41 Å². The summed E-state index contributed by atoms with van der Waals surface area (Å²) in [6.45, 7) is 4.22. The standard InChI is InChI=1S/C27H26F3N7O/c1-18-16-37(10-9-33-18)17-20-5-7-22(12-24(20)27(28,29)30)36-26(38)21-11-19(13-32-14-21)4-6-23-15-34-25(35-23)3-2-8-31/h2-3,5,7-8,11-15,18,31,33H,9-10,16-17H2,1H3,(H,34,35)(H,36,38)/b3-2-,31-8?/t18-/m1/s1. The number of nitrogens with zero attached hydrogens (tertiary/aromatic N) is 3. The molecule has 4 rings (SSSR count). The van der Waals surface area contributed by atoms with Crippen LogP contribution in [-0.2, 0) is 12.7 Å². The zero-order chi connectivity index (χ0) is 27.1. The third-order valence-corrected chi connectivity index (χ3v) is 5.81. The summed E-state index contributed by atoms with van der Waals surface area (Å²) in [6, 6.07) is 5.58. The Morgan fingerprint density at radius 3 is 2.87 bits per heavy atom. The first-order valence-corrected chi connectivity index (χ1v) is 11.9. The van der Waals surface area contributed by atoms with Gasteiger partial charge in [0.15, 0.2) is 0 Å². The maximum Gasteiger partial charge on any atom is 0.416 e. The van der Waals surface area contributed by atoms with Gasteiger partial charge in [0, 0.05) is 62.1 Å². The van der Waals surface area contributed by atoms with Crippen molar-refractivity contribution in [2.24, 2.45) is 0 Å². The number of aromatic amines is 1. The Balaban J connectivity index is 1.48. The molecule has 1 fully saturated rings. The van der Waals surface area contributed by atoms with E-state index in [1.807, 2.05) is 11.8 Å². The van der Waals surface area contributed by atoms with Crippen LogP contribution in [0.5, 0.6) is 0 Å². The molecule has 0 saturated carbocycles. The van der Waals surface area contributed by atoms with E-state index in [0.717, 1.165) is 18.8 Å². The highest BCUT2D eigenvalue weighted by atomic mass is 19.4. The van der Waals surface area contributed by atoms with Gasteiger partial charge in [0.2, 0.25) is 0 Å². The van der Waals surface area contributed by atoms with E-state index in [2.05, 4.69) is 37.4 Å². The number of nitrogens with one attached hydrogen (secondary N) is 4. The van der Waals surface area contributed by atoms with E-state index >= 15 is 0 Å². The predicted molar refractivity (Wildman–Crippen MR) is 139 cm³/mol. The average molecular weight is 522 g/mol. The summed E-state index contributed by atoms with van der Waals surface area (Å²) in [4.78, 5) is 25.9. The number of anilines is 1. The van der Waals surface area contributed by atoms with Crippen LogP contribution in [0.2, 0.25) is 0 Å². The highest BCUT2D eigenvalue weighted by molar-refractivity contribution is 6.04. The molecule has 0 spiro atoms. The molecule has 0 unspecified atom stereocenters. The molecule has 1 aliphatic heterocycles. The number of alkyl halides is 3. The molecule has 0 aliphatic carbocycles. The molecule has 2 aromatic heterocycles. The lowest BCUT2D eigenvalue weighted by atomic mass is 10.0. The quantitative estimate of drug-likeness (QED) is 0.290. The van der Waals surface area contributed by atoms with Crippen molar-refractivity contribution >= 4 is 23.9 Å². The SMILES string of the molecule is C[C@@H]1CN(Cc2ccc(NC(=O)c3cncc(C#Cc4cnc(/C=C\C=N)[nH]4)c3)cc2C(F)(F)F)CCN1. The monoisotopic (exact) mass is 521 g/mol. The molecule has 0 radical (unpaired) electrons. The lowest BCUT2D eigenvalue weighted by Gasteiger charge is -2.32. The molecular formula is C27H26F3N7O. The van der Waals surface area contributed by atoms with E-state index in [-0.39, 0.29) is 29.4 Å². The van der Waals surface area contributed by atoms with Gasteiger partial charge in [-0.2, -0.15) is 13.2 Å². The number of rotatable bonds is 6. The number of piperazine rings is 1. The molecule has 3 heterocycles. The number of H-pyrrole nitrogens is 1. The van der Waals surface area contributed by atoms with Gasteiger partial charge in [-0.25, -0.2) is 4.98 Å². The summed E-state index contributed by atoms with van der Waals surface area (Å²) >= 11 is 0. The number of amides is 1. The van der Waals surface area contributed by atoms with Gasteiger partial charge in [-0.05, 0) is 48.8 Å². The summed E-state index contributed by atoms with van der Waals surface area (Å²) in [7, 11) is 0. The number of hydrogen-bond donors (Lipinski definition) is 4. The number of aromatic nitrogens is 3. The number of halogens is 3. The van der Waals surface area contributed by atoms with Gasteiger partial charge in [-0.3, -0.25) is 14.7 Å². The maximum atomic E-state index is 13.9. The minimum absolute atomic E-state index is 0.0409. The molecule has 3 aromatic rings. The van der Waals surface area contributed by atoms with E-state index < -0.39 is 17.6 Å². The fourth-order valence-electron chi connectivity index (χ4n) is 4.05. The summed E-state index contributed by atoms with van der Waals surface area (Å²) in [6.07, 6.45) is 4.03. The van der Waals surface area contributed by atoms with E-state index in [0.29, 0.717) is 30.2 Å². The Morgan fingerprint density at radius 1 is 1.26 bits per heavy atom. The first kappa shape index (κ1) is 26.8. The number of pyridine rings is 1. The minimum Gasteiger partial charge on any atom is -0.332 e. The van der Waals surface area contributed by atoms with Gasteiger partial charge < -0.3 is 21.0 Å². The molecule has 1 aromatic carbocycles. The molecule has 4 N–H and O–H groups in total. The normalized spacial score (nSPS) is 16.2. The van der Waals surface area contributed by atoms with Gasteiger partial charge >= 0.3 is 6.18 Å². The smallest absolute Gasteiger partial charge is 0.332 e.